The van der Waals surface area contributed by atoms with Gasteiger partial charge in [-0.1, -0.05) is 13.0 Å². The van der Waals surface area contributed by atoms with Crippen LogP contribution < -0.4 is 0 Å². The van der Waals surface area contributed by atoms with Crippen LogP contribution in [0.15, 0.2) is 30.3 Å². The molecule has 1 aromatic heterocycles. The molecular formula is C20H21F3N2O2S. The maximum atomic E-state index is 12.9. The molecule has 1 saturated heterocycles. The van der Waals surface area contributed by atoms with E-state index in [1.54, 1.807) is 4.90 Å². The molecule has 1 fully saturated rings. The predicted octanol–water partition coefficient (Wildman–Crippen LogP) is 4.24. The Morgan fingerprint density at radius 2 is 1.64 bits per heavy atom. The van der Waals surface area contributed by atoms with Crippen molar-refractivity contribution in [3.63, 3.8) is 0 Å². The number of alkyl halides is 3. The minimum atomic E-state index is -4.49. The summed E-state index contributed by atoms with van der Waals surface area (Å²) in [6.45, 7) is 5.36. The van der Waals surface area contributed by atoms with Crippen LogP contribution in [0.5, 0.6) is 0 Å². The first-order valence-electron chi connectivity index (χ1n) is 9.05. The van der Waals surface area contributed by atoms with E-state index in [2.05, 4.69) is 0 Å². The van der Waals surface area contributed by atoms with Gasteiger partial charge in [0.1, 0.15) is 0 Å². The molecule has 2 aromatic rings. The molecule has 0 aliphatic carbocycles. The van der Waals surface area contributed by atoms with Crippen LogP contribution in [0.1, 0.15) is 43.0 Å². The minimum absolute atomic E-state index is 0.0103. The van der Waals surface area contributed by atoms with E-state index in [0.717, 1.165) is 29.0 Å². The first-order valence-corrected chi connectivity index (χ1v) is 9.87. The Morgan fingerprint density at radius 3 is 2.18 bits per heavy atom. The number of benzene rings is 1. The number of halogens is 3. The summed E-state index contributed by atoms with van der Waals surface area (Å²) in [5.74, 6) is -0.502. The van der Waals surface area contributed by atoms with Gasteiger partial charge >= 0.3 is 6.18 Å². The van der Waals surface area contributed by atoms with Crippen molar-refractivity contribution in [2.75, 3.05) is 26.2 Å². The van der Waals surface area contributed by atoms with Gasteiger partial charge in [-0.25, -0.2) is 0 Å². The van der Waals surface area contributed by atoms with Gasteiger partial charge in [-0.2, -0.15) is 13.2 Å². The van der Waals surface area contributed by atoms with E-state index in [-0.39, 0.29) is 11.5 Å². The molecule has 0 bridgehead atoms. The first-order chi connectivity index (χ1) is 13.2. The van der Waals surface area contributed by atoms with E-state index in [1.165, 1.54) is 28.4 Å². The van der Waals surface area contributed by atoms with Gasteiger partial charge in [-0.3, -0.25) is 9.59 Å². The topological polar surface area (TPSA) is 40.6 Å². The summed E-state index contributed by atoms with van der Waals surface area (Å²) in [6, 6.07) is 6.36. The average Bonchev–Trinajstić information content (AvgIpc) is 3.07. The summed E-state index contributed by atoms with van der Waals surface area (Å²) in [5.41, 5.74) is 0.328. The lowest BCUT2D eigenvalue weighted by atomic mass is 10.1. The zero-order chi connectivity index (χ0) is 20.5. The molecule has 0 radical (unpaired) electrons. The average molecular weight is 410 g/mol. The van der Waals surface area contributed by atoms with Crippen LogP contribution >= 0.6 is 11.3 Å². The predicted molar refractivity (Wildman–Crippen MR) is 102 cm³/mol. The fraction of sp³-hybridized carbons (Fsp3) is 0.400. The molecule has 28 heavy (non-hydrogen) atoms. The SMILES string of the molecule is CCc1cc(C(=O)N2CCN(C(=O)c3cccc(C(F)(F)F)c3)CC2)sc1C. The Hall–Kier alpha value is -2.35. The maximum Gasteiger partial charge on any atom is 0.416 e. The molecule has 2 heterocycles. The zero-order valence-electron chi connectivity index (χ0n) is 15.7. The van der Waals surface area contributed by atoms with Crippen molar-refractivity contribution >= 4 is 23.2 Å². The van der Waals surface area contributed by atoms with Gasteiger partial charge in [-0.05, 0) is 43.2 Å². The highest BCUT2D eigenvalue weighted by atomic mass is 32.1. The third-order valence-corrected chi connectivity index (χ3v) is 5.98. The Labute approximate surface area is 165 Å². The molecule has 3 rings (SSSR count). The monoisotopic (exact) mass is 410 g/mol. The summed E-state index contributed by atoms with van der Waals surface area (Å²) < 4.78 is 38.6. The number of aryl methyl sites for hydroxylation is 2. The minimum Gasteiger partial charge on any atom is -0.335 e. The zero-order valence-corrected chi connectivity index (χ0v) is 16.5. The summed E-state index contributed by atoms with van der Waals surface area (Å²) in [5, 5.41) is 0. The Balaban J connectivity index is 1.65. The van der Waals surface area contributed by atoms with Crippen LogP contribution in [0.2, 0.25) is 0 Å². The number of nitrogens with zero attached hydrogens (tertiary/aromatic N) is 2. The quantitative estimate of drug-likeness (QED) is 0.760. The van der Waals surface area contributed by atoms with Crippen LogP contribution in [0.25, 0.3) is 0 Å². The second-order valence-electron chi connectivity index (χ2n) is 6.71. The lowest BCUT2D eigenvalue weighted by Crippen LogP contribution is -2.50. The highest BCUT2D eigenvalue weighted by Gasteiger charge is 2.32. The normalized spacial score (nSPS) is 15.0. The number of thiophene rings is 1. The second kappa shape index (κ2) is 7.95. The number of carbonyl (C=O) groups is 2. The Kier molecular flexibility index (Phi) is 5.79. The molecule has 4 nitrogen and oxygen atoms in total. The molecule has 0 N–H and O–H groups in total. The number of carbonyl (C=O) groups excluding carboxylic acids is 2. The molecule has 2 amide bonds. The van der Waals surface area contributed by atoms with Crippen LogP contribution in [0.3, 0.4) is 0 Å². The molecule has 0 atom stereocenters. The van der Waals surface area contributed by atoms with Gasteiger partial charge in [0.15, 0.2) is 0 Å². The van der Waals surface area contributed by atoms with E-state index >= 15 is 0 Å². The standard InChI is InChI=1S/C20H21F3N2O2S/c1-3-14-12-17(28-13(14)2)19(27)25-9-7-24(8-10-25)18(26)15-5-4-6-16(11-15)20(21,22)23/h4-6,11-12H,3,7-10H2,1-2H3. The number of hydrogen-bond acceptors (Lipinski definition) is 3. The van der Waals surface area contributed by atoms with Gasteiger partial charge in [0.05, 0.1) is 10.4 Å². The molecular weight excluding hydrogens is 389 g/mol. The smallest absolute Gasteiger partial charge is 0.335 e. The summed E-state index contributed by atoms with van der Waals surface area (Å²) >= 11 is 1.47. The lowest BCUT2D eigenvalue weighted by Gasteiger charge is -2.34. The first kappa shape index (κ1) is 20.4. The van der Waals surface area contributed by atoms with Gasteiger partial charge in [0.2, 0.25) is 0 Å². The van der Waals surface area contributed by atoms with E-state index in [9.17, 15) is 22.8 Å². The summed E-state index contributed by atoms with van der Waals surface area (Å²) in [6.07, 6.45) is -3.62. The molecule has 0 unspecified atom stereocenters. The van der Waals surface area contributed by atoms with Crippen molar-refractivity contribution < 1.29 is 22.8 Å². The molecule has 1 aromatic carbocycles. The molecule has 0 saturated carbocycles. The highest BCUT2D eigenvalue weighted by molar-refractivity contribution is 7.14. The van der Waals surface area contributed by atoms with Crippen molar-refractivity contribution in [2.24, 2.45) is 0 Å². The van der Waals surface area contributed by atoms with E-state index in [1.807, 2.05) is 19.9 Å². The third kappa shape index (κ3) is 4.22. The molecule has 150 valence electrons. The summed E-state index contributed by atoms with van der Waals surface area (Å²) in [7, 11) is 0. The van der Waals surface area contributed by atoms with Crippen LogP contribution in [-0.4, -0.2) is 47.8 Å². The second-order valence-corrected chi connectivity index (χ2v) is 7.96. The summed E-state index contributed by atoms with van der Waals surface area (Å²) in [4.78, 5) is 30.3. The van der Waals surface area contributed by atoms with Crippen LogP contribution in [0, 0.1) is 6.92 Å². The van der Waals surface area contributed by atoms with Crippen molar-refractivity contribution in [2.45, 2.75) is 26.4 Å². The van der Waals surface area contributed by atoms with Crippen molar-refractivity contribution in [3.05, 3.63) is 56.8 Å². The molecule has 0 spiro atoms. The lowest BCUT2D eigenvalue weighted by molar-refractivity contribution is -0.137. The molecule has 1 aliphatic heterocycles. The highest BCUT2D eigenvalue weighted by Crippen LogP contribution is 2.30. The van der Waals surface area contributed by atoms with Crippen molar-refractivity contribution in [3.8, 4) is 0 Å². The molecule has 8 heteroatoms. The van der Waals surface area contributed by atoms with Crippen LogP contribution in [-0.2, 0) is 12.6 Å². The number of amides is 2. The number of rotatable bonds is 3. The van der Waals surface area contributed by atoms with Gasteiger partial charge in [0, 0.05) is 36.6 Å². The fourth-order valence-electron chi connectivity index (χ4n) is 3.26. The Morgan fingerprint density at radius 1 is 1.04 bits per heavy atom. The number of hydrogen-bond donors (Lipinski definition) is 0. The number of piperazine rings is 1. The van der Waals surface area contributed by atoms with Crippen molar-refractivity contribution in [1.82, 2.24) is 9.80 Å². The van der Waals surface area contributed by atoms with Gasteiger partial charge < -0.3 is 9.80 Å². The fourth-order valence-corrected chi connectivity index (χ4v) is 4.34. The van der Waals surface area contributed by atoms with Crippen LogP contribution in [0.4, 0.5) is 13.2 Å². The van der Waals surface area contributed by atoms with E-state index in [4.69, 9.17) is 0 Å². The van der Waals surface area contributed by atoms with Gasteiger partial charge in [0.25, 0.3) is 11.8 Å². The van der Waals surface area contributed by atoms with E-state index in [0.29, 0.717) is 31.1 Å². The third-order valence-electron chi connectivity index (χ3n) is 4.90. The molecule has 1 aliphatic rings. The van der Waals surface area contributed by atoms with Gasteiger partial charge in [-0.15, -0.1) is 11.3 Å². The van der Waals surface area contributed by atoms with E-state index < -0.39 is 17.6 Å². The maximum absolute atomic E-state index is 12.9. The van der Waals surface area contributed by atoms with Crippen molar-refractivity contribution in [1.29, 1.82) is 0 Å². The Bertz CT molecular complexity index is 884. The largest absolute Gasteiger partial charge is 0.416 e.